The third-order valence-electron chi connectivity index (χ3n) is 2.33. The van der Waals surface area contributed by atoms with Gasteiger partial charge in [0.1, 0.15) is 0 Å². The van der Waals surface area contributed by atoms with Crippen LogP contribution < -0.4 is 4.90 Å². The van der Waals surface area contributed by atoms with Gasteiger partial charge < -0.3 is 4.90 Å². The molecule has 1 aromatic rings. The first-order valence-corrected chi connectivity index (χ1v) is 4.97. The number of hydrogen-bond acceptors (Lipinski definition) is 3. The largest absolute Gasteiger partial charge is 0.370 e. The number of aromatic nitrogens is 2. The van der Waals surface area contributed by atoms with Gasteiger partial charge >= 0.3 is 0 Å². The van der Waals surface area contributed by atoms with Crippen LogP contribution in [-0.2, 0) is 0 Å². The minimum Gasteiger partial charge on any atom is -0.370 e. The molecule has 0 spiro atoms. The van der Waals surface area contributed by atoms with Crippen molar-refractivity contribution in [1.82, 2.24) is 10.2 Å². The molecule has 0 N–H and O–H groups in total. The minimum atomic E-state index is 0.475. The zero-order chi connectivity index (χ0) is 9.10. The summed E-state index contributed by atoms with van der Waals surface area (Å²) in [4.78, 5) is 2.31. The Kier molecular flexibility index (Phi) is 2.64. The molecular formula is C9H12ClN3. The van der Waals surface area contributed by atoms with E-state index in [4.69, 9.17) is 11.6 Å². The predicted molar refractivity (Wildman–Crippen MR) is 53.1 cm³/mol. The lowest BCUT2D eigenvalue weighted by molar-refractivity contribution is 0.577. The molecule has 0 unspecified atom stereocenters. The van der Waals surface area contributed by atoms with Gasteiger partial charge in [0, 0.05) is 19.2 Å². The Hall–Kier alpha value is -0.830. The number of hydrogen-bond donors (Lipinski definition) is 0. The maximum atomic E-state index is 5.76. The fraction of sp³-hybridized carbons (Fsp3) is 0.556. The van der Waals surface area contributed by atoms with Gasteiger partial charge in [0.15, 0.2) is 5.15 Å². The van der Waals surface area contributed by atoms with Gasteiger partial charge in [-0.15, -0.1) is 5.10 Å². The van der Waals surface area contributed by atoms with Gasteiger partial charge in [0.05, 0.1) is 11.9 Å². The highest BCUT2D eigenvalue weighted by atomic mass is 35.5. The Balaban J connectivity index is 2.14. The fourth-order valence-electron chi connectivity index (χ4n) is 1.66. The standard InChI is InChI=1S/C9H12ClN3/c10-9-6-8(7-11-12-9)13-4-2-1-3-5-13/h6-7H,1-5H2. The summed E-state index contributed by atoms with van der Waals surface area (Å²) < 4.78 is 0. The van der Waals surface area contributed by atoms with Crippen molar-refractivity contribution in [1.29, 1.82) is 0 Å². The van der Waals surface area contributed by atoms with E-state index in [-0.39, 0.29) is 0 Å². The topological polar surface area (TPSA) is 29.0 Å². The van der Waals surface area contributed by atoms with Gasteiger partial charge in [-0.05, 0) is 19.3 Å². The van der Waals surface area contributed by atoms with Crippen LogP contribution >= 0.6 is 11.6 Å². The molecule has 70 valence electrons. The van der Waals surface area contributed by atoms with Crippen LogP contribution in [0.5, 0.6) is 0 Å². The molecular weight excluding hydrogens is 186 g/mol. The van der Waals surface area contributed by atoms with Crippen LogP contribution in [0.2, 0.25) is 5.15 Å². The second-order valence-corrected chi connectivity index (χ2v) is 3.67. The first kappa shape index (κ1) is 8.75. The van der Waals surface area contributed by atoms with Crippen molar-refractivity contribution in [2.45, 2.75) is 19.3 Å². The van der Waals surface area contributed by atoms with Crippen LogP contribution in [0.25, 0.3) is 0 Å². The van der Waals surface area contributed by atoms with Gasteiger partial charge in [0.25, 0.3) is 0 Å². The SMILES string of the molecule is Clc1cc(N2CCCCC2)cnn1. The molecule has 0 atom stereocenters. The van der Waals surface area contributed by atoms with E-state index in [0.717, 1.165) is 18.8 Å². The van der Waals surface area contributed by atoms with Crippen molar-refractivity contribution in [3.8, 4) is 0 Å². The van der Waals surface area contributed by atoms with E-state index in [1.165, 1.54) is 19.3 Å². The molecule has 0 radical (unpaired) electrons. The number of anilines is 1. The highest BCUT2D eigenvalue weighted by Gasteiger charge is 2.11. The predicted octanol–water partition coefficient (Wildman–Crippen LogP) is 2.12. The molecule has 3 nitrogen and oxygen atoms in total. The summed E-state index contributed by atoms with van der Waals surface area (Å²) in [5.41, 5.74) is 1.10. The summed E-state index contributed by atoms with van der Waals surface area (Å²) in [7, 11) is 0. The first-order valence-electron chi connectivity index (χ1n) is 4.59. The summed E-state index contributed by atoms with van der Waals surface area (Å²) in [5, 5.41) is 8.03. The molecule has 0 bridgehead atoms. The van der Waals surface area contributed by atoms with Crippen LogP contribution in [0.4, 0.5) is 5.69 Å². The molecule has 13 heavy (non-hydrogen) atoms. The molecule has 0 amide bonds. The highest BCUT2D eigenvalue weighted by Crippen LogP contribution is 2.20. The number of piperidine rings is 1. The Morgan fingerprint density at radius 3 is 2.69 bits per heavy atom. The lowest BCUT2D eigenvalue weighted by Gasteiger charge is -2.28. The van der Waals surface area contributed by atoms with E-state index < -0.39 is 0 Å². The molecule has 1 aliphatic rings. The third-order valence-corrected chi connectivity index (χ3v) is 2.52. The highest BCUT2D eigenvalue weighted by molar-refractivity contribution is 6.29. The number of nitrogens with zero attached hydrogens (tertiary/aromatic N) is 3. The summed E-state index contributed by atoms with van der Waals surface area (Å²) in [5.74, 6) is 0. The molecule has 1 aliphatic heterocycles. The fourth-order valence-corrected chi connectivity index (χ4v) is 1.81. The van der Waals surface area contributed by atoms with Gasteiger partial charge in [-0.1, -0.05) is 11.6 Å². The van der Waals surface area contributed by atoms with Crippen molar-refractivity contribution in [3.63, 3.8) is 0 Å². The lowest BCUT2D eigenvalue weighted by atomic mass is 10.1. The van der Waals surface area contributed by atoms with Crippen molar-refractivity contribution in [2.24, 2.45) is 0 Å². The molecule has 2 heterocycles. The molecule has 0 aromatic carbocycles. The van der Waals surface area contributed by atoms with E-state index in [1.54, 1.807) is 6.20 Å². The van der Waals surface area contributed by atoms with E-state index in [9.17, 15) is 0 Å². The minimum absolute atomic E-state index is 0.475. The molecule has 1 aromatic heterocycles. The Labute approximate surface area is 82.7 Å². The Morgan fingerprint density at radius 2 is 2.00 bits per heavy atom. The van der Waals surface area contributed by atoms with Crippen LogP contribution in [0.3, 0.4) is 0 Å². The van der Waals surface area contributed by atoms with E-state index in [1.807, 2.05) is 6.07 Å². The Morgan fingerprint density at radius 1 is 1.23 bits per heavy atom. The second kappa shape index (κ2) is 3.92. The first-order chi connectivity index (χ1) is 6.36. The zero-order valence-corrected chi connectivity index (χ0v) is 8.17. The van der Waals surface area contributed by atoms with E-state index in [0.29, 0.717) is 5.15 Å². The van der Waals surface area contributed by atoms with Crippen molar-refractivity contribution >= 4 is 17.3 Å². The maximum absolute atomic E-state index is 5.76. The van der Waals surface area contributed by atoms with Gasteiger partial charge in [-0.25, -0.2) is 0 Å². The number of rotatable bonds is 1. The van der Waals surface area contributed by atoms with E-state index in [2.05, 4.69) is 15.1 Å². The normalized spacial score (nSPS) is 17.5. The molecule has 2 rings (SSSR count). The average molecular weight is 198 g/mol. The maximum Gasteiger partial charge on any atom is 0.153 e. The quantitative estimate of drug-likeness (QED) is 0.691. The van der Waals surface area contributed by atoms with Crippen molar-refractivity contribution < 1.29 is 0 Å². The molecule has 1 fully saturated rings. The van der Waals surface area contributed by atoms with Crippen molar-refractivity contribution in [2.75, 3.05) is 18.0 Å². The lowest BCUT2D eigenvalue weighted by Crippen LogP contribution is -2.29. The second-order valence-electron chi connectivity index (χ2n) is 3.28. The Bertz CT molecular complexity index is 284. The van der Waals surface area contributed by atoms with Gasteiger partial charge in [-0.2, -0.15) is 5.10 Å². The molecule has 0 aliphatic carbocycles. The average Bonchev–Trinajstić information content (AvgIpc) is 2.19. The molecule has 4 heteroatoms. The van der Waals surface area contributed by atoms with Crippen LogP contribution in [0, 0.1) is 0 Å². The number of halogens is 1. The molecule has 0 saturated carbocycles. The summed E-state index contributed by atoms with van der Waals surface area (Å²) in [6.07, 6.45) is 5.64. The van der Waals surface area contributed by atoms with Gasteiger partial charge in [-0.3, -0.25) is 0 Å². The zero-order valence-electron chi connectivity index (χ0n) is 7.41. The van der Waals surface area contributed by atoms with Crippen LogP contribution in [0.1, 0.15) is 19.3 Å². The van der Waals surface area contributed by atoms with Crippen LogP contribution in [-0.4, -0.2) is 23.3 Å². The molecule has 1 saturated heterocycles. The van der Waals surface area contributed by atoms with E-state index >= 15 is 0 Å². The summed E-state index contributed by atoms with van der Waals surface area (Å²) in [6.45, 7) is 2.23. The smallest absolute Gasteiger partial charge is 0.153 e. The van der Waals surface area contributed by atoms with Crippen molar-refractivity contribution in [3.05, 3.63) is 17.4 Å². The van der Waals surface area contributed by atoms with Crippen LogP contribution in [0.15, 0.2) is 12.3 Å². The van der Waals surface area contributed by atoms with Gasteiger partial charge in [0.2, 0.25) is 0 Å². The third kappa shape index (κ3) is 2.10. The summed E-state index contributed by atoms with van der Waals surface area (Å²) >= 11 is 5.76. The monoisotopic (exact) mass is 197 g/mol. The summed E-state index contributed by atoms with van der Waals surface area (Å²) in [6, 6.07) is 1.87.